The van der Waals surface area contributed by atoms with Crippen LogP contribution in [0.4, 0.5) is 24.8 Å². The van der Waals surface area contributed by atoms with Crippen molar-refractivity contribution >= 4 is 22.5 Å². The Morgan fingerprint density at radius 3 is 2.04 bits per heavy atom. The van der Waals surface area contributed by atoms with E-state index in [9.17, 15) is 13.2 Å². The minimum atomic E-state index is -4.67. The maximum atomic E-state index is 13.5. The molecule has 0 aliphatic heterocycles. The van der Waals surface area contributed by atoms with Crippen molar-refractivity contribution in [2.45, 2.75) is 6.18 Å². The number of halogens is 3. The molecule has 6 nitrogen and oxygen atoms in total. The number of rotatable bonds is 5. The van der Waals surface area contributed by atoms with E-state index in [0.717, 1.165) is 0 Å². The molecule has 3 aromatic rings. The van der Waals surface area contributed by atoms with E-state index in [1.165, 1.54) is 33.5 Å². The van der Waals surface area contributed by atoms with Crippen molar-refractivity contribution in [3.8, 4) is 17.2 Å². The summed E-state index contributed by atoms with van der Waals surface area (Å²) in [5, 5.41) is 2.60. The van der Waals surface area contributed by atoms with Gasteiger partial charge in [0.15, 0.2) is 17.2 Å². The molecule has 0 amide bonds. The highest BCUT2D eigenvalue weighted by atomic mass is 19.4. The summed E-state index contributed by atoms with van der Waals surface area (Å²) in [6, 6.07) is 9.23. The molecule has 0 unspecified atom stereocenters. The molecule has 0 saturated carbocycles. The number of nitrogens with one attached hydrogen (secondary N) is 1. The first-order chi connectivity index (χ1) is 12.9. The lowest BCUT2D eigenvalue weighted by Gasteiger charge is -2.15. The molecule has 0 atom stereocenters. The van der Waals surface area contributed by atoms with Gasteiger partial charge in [-0.2, -0.15) is 13.2 Å². The maximum absolute atomic E-state index is 13.5. The number of nitrogens with zero attached hydrogens (tertiary/aromatic N) is 2. The molecule has 1 aromatic heterocycles. The number of aromatic nitrogens is 2. The molecule has 1 N–H and O–H groups in total. The minimum Gasteiger partial charge on any atom is -0.497 e. The van der Waals surface area contributed by atoms with Crippen molar-refractivity contribution < 1.29 is 27.4 Å². The smallest absolute Gasteiger partial charge is 0.434 e. The normalized spacial score (nSPS) is 11.3. The van der Waals surface area contributed by atoms with Crippen LogP contribution in [0.2, 0.25) is 0 Å². The summed E-state index contributed by atoms with van der Waals surface area (Å²) in [6.07, 6.45) is -4.67. The first-order valence-electron chi connectivity index (χ1n) is 7.77. The van der Waals surface area contributed by atoms with Gasteiger partial charge in [-0.3, -0.25) is 0 Å². The number of hydrogen-bond acceptors (Lipinski definition) is 6. The van der Waals surface area contributed by atoms with E-state index in [1.807, 2.05) is 0 Å². The molecule has 0 spiro atoms. The Morgan fingerprint density at radius 1 is 0.852 bits per heavy atom. The average molecular weight is 379 g/mol. The zero-order valence-corrected chi connectivity index (χ0v) is 14.7. The fraction of sp³-hybridized carbons (Fsp3) is 0.222. The second-order valence-corrected chi connectivity index (χ2v) is 5.47. The van der Waals surface area contributed by atoms with E-state index in [2.05, 4.69) is 15.3 Å². The van der Waals surface area contributed by atoms with Crippen molar-refractivity contribution in [1.29, 1.82) is 0 Å². The first kappa shape index (κ1) is 18.6. The molecule has 0 saturated heterocycles. The van der Waals surface area contributed by atoms with Gasteiger partial charge in [-0.15, -0.1) is 0 Å². The highest BCUT2D eigenvalue weighted by Crippen LogP contribution is 2.38. The van der Waals surface area contributed by atoms with Crippen molar-refractivity contribution in [1.82, 2.24) is 9.97 Å². The Hall–Kier alpha value is -3.23. The summed E-state index contributed by atoms with van der Waals surface area (Å²) >= 11 is 0. The van der Waals surface area contributed by atoms with Gasteiger partial charge < -0.3 is 19.5 Å². The molecular weight excluding hydrogens is 363 g/mol. The van der Waals surface area contributed by atoms with Crippen LogP contribution in [0.3, 0.4) is 0 Å². The van der Waals surface area contributed by atoms with E-state index in [0.29, 0.717) is 11.4 Å². The quantitative estimate of drug-likeness (QED) is 0.708. The fourth-order valence-electron chi connectivity index (χ4n) is 2.53. The summed E-state index contributed by atoms with van der Waals surface area (Å²) in [4.78, 5) is 7.85. The third-order valence-electron chi connectivity index (χ3n) is 3.82. The fourth-order valence-corrected chi connectivity index (χ4v) is 2.53. The van der Waals surface area contributed by atoms with Crippen LogP contribution >= 0.6 is 0 Å². The van der Waals surface area contributed by atoms with Crippen molar-refractivity contribution in [2.24, 2.45) is 0 Å². The molecular formula is C18H16F3N3O3. The lowest BCUT2D eigenvalue weighted by molar-refractivity contribution is -0.139. The summed E-state index contributed by atoms with van der Waals surface area (Å²) < 4.78 is 55.9. The van der Waals surface area contributed by atoms with Crippen LogP contribution in [0.25, 0.3) is 10.9 Å². The Balaban J connectivity index is 2.13. The minimum absolute atomic E-state index is 0.0750. The number of hydrogen-bond donors (Lipinski definition) is 1. The zero-order valence-electron chi connectivity index (χ0n) is 14.7. The van der Waals surface area contributed by atoms with Crippen molar-refractivity contribution in [2.75, 3.05) is 26.6 Å². The number of alkyl halides is 3. The van der Waals surface area contributed by atoms with Crippen LogP contribution in [-0.4, -0.2) is 31.3 Å². The first-order valence-corrected chi connectivity index (χ1v) is 7.77. The van der Waals surface area contributed by atoms with Gasteiger partial charge in [-0.1, -0.05) is 0 Å². The van der Waals surface area contributed by atoms with Crippen molar-refractivity contribution in [3.05, 3.63) is 42.1 Å². The number of benzene rings is 2. The third-order valence-corrected chi connectivity index (χ3v) is 3.82. The average Bonchev–Trinajstić information content (AvgIpc) is 2.66. The summed E-state index contributed by atoms with van der Waals surface area (Å²) in [5.41, 5.74) is -0.473. The largest absolute Gasteiger partial charge is 0.497 e. The van der Waals surface area contributed by atoms with Gasteiger partial charge in [0.05, 0.1) is 26.8 Å². The van der Waals surface area contributed by atoms with Crippen LogP contribution in [0.15, 0.2) is 36.4 Å². The molecule has 9 heteroatoms. The van der Waals surface area contributed by atoms with Gasteiger partial charge in [0.25, 0.3) is 0 Å². The molecule has 2 aromatic carbocycles. The zero-order chi connectivity index (χ0) is 19.6. The lowest BCUT2D eigenvalue weighted by atomic mass is 10.1. The predicted molar refractivity (Wildman–Crippen MR) is 93.9 cm³/mol. The molecule has 0 radical (unpaired) electrons. The Labute approximate surface area is 152 Å². The van der Waals surface area contributed by atoms with E-state index in [1.54, 1.807) is 24.3 Å². The second kappa shape index (κ2) is 7.18. The number of anilines is 2. The van der Waals surface area contributed by atoms with Gasteiger partial charge in [-0.25, -0.2) is 9.97 Å². The molecule has 3 rings (SSSR count). The van der Waals surface area contributed by atoms with E-state index < -0.39 is 11.9 Å². The second-order valence-electron chi connectivity index (χ2n) is 5.47. The maximum Gasteiger partial charge on any atom is 0.434 e. The molecule has 0 aliphatic rings. The van der Waals surface area contributed by atoms with Crippen LogP contribution in [0.1, 0.15) is 5.69 Å². The van der Waals surface area contributed by atoms with Crippen LogP contribution in [0.5, 0.6) is 17.2 Å². The molecule has 0 fully saturated rings. The highest BCUT2D eigenvalue weighted by Gasteiger charge is 2.36. The van der Waals surface area contributed by atoms with E-state index in [4.69, 9.17) is 14.2 Å². The van der Waals surface area contributed by atoms with Gasteiger partial charge in [0.2, 0.25) is 5.95 Å². The summed E-state index contributed by atoms with van der Waals surface area (Å²) in [7, 11) is 4.26. The highest BCUT2D eigenvalue weighted by molar-refractivity contribution is 5.86. The SMILES string of the molecule is COc1ccc(Nc2nc(C(F)(F)F)c3cc(OC)c(OC)cc3n2)cc1. The molecule has 1 heterocycles. The van der Waals surface area contributed by atoms with Crippen molar-refractivity contribution in [3.63, 3.8) is 0 Å². The topological polar surface area (TPSA) is 65.5 Å². The van der Waals surface area contributed by atoms with Crippen LogP contribution in [0, 0.1) is 0 Å². The Bertz CT molecular complexity index is 960. The summed E-state index contributed by atoms with van der Waals surface area (Å²) in [5.74, 6) is 0.863. The monoisotopic (exact) mass is 379 g/mol. The predicted octanol–water partition coefficient (Wildman–Crippen LogP) is 4.42. The van der Waals surface area contributed by atoms with Crippen LogP contribution in [-0.2, 0) is 6.18 Å². The van der Waals surface area contributed by atoms with Gasteiger partial charge in [0, 0.05) is 17.1 Å². The molecule has 0 bridgehead atoms. The lowest BCUT2D eigenvalue weighted by Crippen LogP contribution is -2.12. The number of fused-ring (bicyclic) bond motifs is 1. The van der Waals surface area contributed by atoms with E-state index in [-0.39, 0.29) is 28.4 Å². The molecule has 27 heavy (non-hydrogen) atoms. The number of methoxy groups -OCH3 is 3. The Morgan fingerprint density at radius 2 is 1.48 bits per heavy atom. The van der Waals surface area contributed by atoms with Gasteiger partial charge in [-0.05, 0) is 30.3 Å². The third kappa shape index (κ3) is 3.81. The summed E-state index contributed by atoms with van der Waals surface area (Å²) in [6.45, 7) is 0. The van der Waals surface area contributed by atoms with Gasteiger partial charge in [0.1, 0.15) is 5.75 Å². The standard InChI is InChI=1S/C18H16F3N3O3/c1-25-11-6-4-10(5-7-11)22-17-23-13-9-15(27-3)14(26-2)8-12(13)16(24-17)18(19,20)21/h4-9H,1-3H3,(H,22,23,24). The molecule has 142 valence electrons. The van der Waals surface area contributed by atoms with Gasteiger partial charge >= 0.3 is 6.18 Å². The number of ether oxygens (including phenoxy) is 3. The molecule has 0 aliphatic carbocycles. The van der Waals surface area contributed by atoms with E-state index >= 15 is 0 Å². The Kier molecular flexibility index (Phi) is 4.93. The van der Waals surface area contributed by atoms with Crippen LogP contribution < -0.4 is 19.5 Å².